The Morgan fingerprint density at radius 2 is 1.63 bits per heavy atom. The second kappa shape index (κ2) is 9.33. The number of ether oxygens (including phenoxy) is 4. The fraction of sp³-hybridized carbons (Fsp3) is 0.133. The molecular weight excluding hydrogens is 531 g/mol. The van der Waals surface area contributed by atoms with Crippen molar-refractivity contribution >= 4 is 16.6 Å². The molecule has 0 saturated heterocycles. The van der Waals surface area contributed by atoms with Crippen LogP contribution in [-0.2, 0) is 0 Å². The molecule has 1 atom stereocenters. The van der Waals surface area contributed by atoms with E-state index in [4.69, 9.17) is 28.3 Å². The molecule has 0 amide bonds. The van der Waals surface area contributed by atoms with Gasteiger partial charge in [-0.15, -0.1) is 5.10 Å². The molecule has 0 bridgehead atoms. The van der Waals surface area contributed by atoms with Crippen LogP contribution in [0, 0.1) is 5.82 Å². The Balaban J connectivity index is 1.57. The highest BCUT2D eigenvalue weighted by atomic mass is 19.1. The van der Waals surface area contributed by atoms with Gasteiger partial charge in [-0.2, -0.15) is 0 Å². The van der Waals surface area contributed by atoms with Gasteiger partial charge in [0, 0.05) is 17.2 Å². The highest BCUT2D eigenvalue weighted by Gasteiger charge is 2.39. The normalized spacial score (nSPS) is 13.9. The monoisotopic (exact) mass is 552 g/mol. The van der Waals surface area contributed by atoms with Gasteiger partial charge >= 0.3 is 5.63 Å². The van der Waals surface area contributed by atoms with Crippen LogP contribution in [0.4, 0.5) is 4.39 Å². The summed E-state index contributed by atoms with van der Waals surface area (Å²) in [6.45, 7) is 0. The van der Waals surface area contributed by atoms with Gasteiger partial charge in [0.05, 0.1) is 43.8 Å². The Morgan fingerprint density at radius 1 is 0.902 bits per heavy atom. The van der Waals surface area contributed by atoms with Crippen LogP contribution in [-0.4, -0.2) is 40.9 Å². The van der Waals surface area contributed by atoms with Gasteiger partial charge in [-0.1, -0.05) is 12.1 Å². The van der Waals surface area contributed by atoms with Gasteiger partial charge in [0.1, 0.15) is 23.5 Å². The lowest BCUT2D eigenvalue weighted by molar-refractivity contribution is 0.346. The molecule has 3 aromatic heterocycles. The quantitative estimate of drug-likeness (QED) is 0.261. The van der Waals surface area contributed by atoms with Crippen LogP contribution in [0.25, 0.3) is 28.0 Å². The van der Waals surface area contributed by atoms with E-state index < -0.39 is 11.5 Å². The number of rotatable bonds is 5. The van der Waals surface area contributed by atoms with Crippen molar-refractivity contribution in [2.75, 3.05) is 21.3 Å². The summed E-state index contributed by atoms with van der Waals surface area (Å²) in [5.74, 6) is 1.02. The summed E-state index contributed by atoms with van der Waals surface area (Å²) in [5.41, 5.74) is 2.05. The molecule has 0 aliphatic carbocycles. The average Bonchev–Trinajstić information content (AvgIpc) is 3.44. The first-order valence-electron chi connectivity index (χ1n) is 12.6. The minimum atomic E-state index is -0.814. The van der Waals surface area contributed by atoms with Gasteiger partial charge in [0.25, 0.3) is 0 Å². The first kappa shape index (κ1) is 24.6. The van der Waals surface area contributed by atoms with Crippen LogP contribution in [0.1, 0.15) is 22.6 Å². The Labute approximate surface area is 231 Å². The lowest BCUT2D eigenvalue weighted by Gasteiger charge is -2.28. The first-order chi connectivity index (χ1) is 20.0. The molecule has 0 saturated carbocycles. The van der Waals surface area contributed by atoms with Gasteiger partial charge in [-0.3, -0.25) is 0 Å². The Kier molecular flexibility index (Phi) is 5.60. The Bertz CT molecular complexity index is 2040. The largest absolute Gasteiger partial charge is 0.496 e. The molecule has 7 rings (SSSR count). The number of methoxy groups -OCH3 is 3. The number of halogens is 1. The third-order valence-corrected chi connectivity index (χ3v) is 7.11. The molecule has 0 spiro atoms. The standard InChI is InChI=1S/C30H21FN4O6/c1-37-20-13-22(39-3)21(38-2)12-18(20)23-24-26(17-6-4-5-7-19(17)40-30(24)36)41-29-25(23)28-33-27(34-35(28)14-32-29)15-8-10-16(31)11-9-15/h4-14,23H,1-3H3. The fourth-order valence-corrected chi connectivity index (χ4v) is 5.24. The van der Waals surface area contributed by atoms with Crippen LogP contribution in [0.2, 0.25) is 0 Å². The molecule has 0 radical (unpaired) electrons. The number of aromatic nitrogens is 4. The molecule has 3 aromatic carbocycles. The smallest absolute Gasteiger partial charge is 0.344 e. The van der Waals surface area contributed by atoms with E-state index in [1.165, 1.54) is 44.3 Å². The summed E-state index contributed by atoms with van der Waals surface area (Å²) in [6.07, 6.45) is 1.48. The van der Waals surface area contributed by atoms with Crippen LogP contribution in [0.3, 0.4) is 0 Å². The summed E-state index contributed by atoms with van der Waals surface area (Å²) >= 11 is 0. The van der Waals surface area contributed by atoms with E-state index in [1.54, 1.807) is 36.4 Å². The predicted octanol–water partition coefficient (Wildman–Crippen LogP) is 5.35. The van der Waals surface area contributed by atoms with Crippen LogP contribution in [0.15, 0.2) is 76.2 Å². The maximum atomic E-state index is 13.7. The van der Waals surface area contributed by atoms with E-state index in [0.717, 1.165) is 0 Å². The number of hydrogen-bond acceptors (Lipinski definition) is 9. The summed E-state index contributed by atoms with van der Waals surface area (Å²) in [7, 11) is 4.57. The van der Waals surface area contributed by atoms with E-state index in [1.807, 2.05) is 12.1 Å². The third-order valence-electron chi connectivity index (χ3n) is 7.11. The molecular formula is C30H21FN4O6. The second-order valence-corrected chi connectivity index (χ2v) is 9.29. The van der Waals surface area contributed by atoms with Gasteiger partial charge in [-0.25, -0.2) is 23.7 Å². The van der Waals surface area contributed by atoms with Crippen molar-refractivity contribution in [1.82, 2.24) is 19.6 Å². The molecule has 0 N–H and O–H groups in total. The zero-order valence-electron chi connectivity index (χ0n) is 22.0. The van der Waals surface area contributed by atoms with Crippen LogP contribution < -0.4 is 24.6 Å². The second-order valence-electron chi connectivity index (χ2n) is 9.29. The van der Waals surface area contributed by atoms with Crippen LogP contribution in [0.5, 0.6) is 28.9 Å². The van der Waals surface area contributed by atoms with Gasteiger partial charge in [0.15, 0.2) is 28.7 Å². The summed E-state index contributed by atoms with van der Waals surface area (Å²) < 4.78 is 44.1. The van der Waals surface area contributed by atoms with Crippen molar-refractivity contribution < 1.29 is 27.8 Å². The minimum absolute atomic E-state index is 0.237. The maximum Gasteiger partial charge on any atom is 0.344 e. The molecule has 1 aliphatic rings. The van der Waals surface area contributed by atoms with Gasteiger partial charge < -0.3 is 23.4 Å². The molecule has 10 nitrogen and oxygen atoms in total. The molecule has 11 heteroatoms. The average molecular weight is 553 g/mol. The van der Waals surface area contributed by atoms with Crippen molar-refractivity contribution in [1.29, 1.82) is 0 Å². The lowest BCUT2D eigenvalue weighted by Crippen LogP contribution is -2.23. The van der Waals surface area contributed by atoms with Crippen molar-refractivity contribution in [2.24, 2.45) is 0 Å². The summed E-state index contributed by atoms with van der Waals surface area (Å²) in [4.78, 5) is 23.0. The number of hydrogen-bond donors (Lipinski definition) is 0. The maximum absolute atomic E-state index is 13.7. The fourth-order valence-electron chi connectivity index (χ4n) is 5.24. The molecule has 1 aliphatic heterocycles. The molecule has 41 heavy (non-hydrogen) atoms. The Morgan fingerprint density at radius 3 is 2.39 bits per heavy atom. The lowest BCUT2D eigenvalue weighted by atomic mass is 9.83. The van der Waals surface area contributed by atoms with E-state index in [0.29, 0.717) is 62.1 Å². The molecule has 6 aromatic rings. The predicted molar refractivity (Wildman–Crippen MR) is 146 cm³/mol. The number of para-hydroxylation sites is 1. The molecule has 4 heterocycles. The van der Waals surface area contributed by atoms with E-state index >= 15 is 0 Å². The van der Waals surface area contributed by atoms with Crippen molar-refractivity contribution in [3.8, 4) is 40.3 Å². The highest BCUT2D eigenvalue weighted by Crippen LogP contribution is 2.52. The number of fused-ring (bicyclic) bond motifs is 6. The topological polar surface area (TPSA) is 110 Å². The van der Waals surface area contributed by atoms with Crippen molar-refractivity contribution in [3.05, 3.63) is 99.9 Å². The SMILES string of the molecule is COc1cc(OC)c(C2c3c(c4ccccc4oc3=O)Oc3ncn4nc(-c5ccc(F)cc5)nc4c32)cc1OC. The van der Waals surface area contributed by atoms with Gasteiger partial charge in [0.2, 0.25) is 5.88 Å². The molecule has 1 unspecified atom stereocenters. The third kappa shape index (κ3) is 3.77. The minimum Gasteiger partial charge on any atom is -0.496 e. The summed E-state index contributed by atoms with van der Waals surface area (Å²) in [6, 6.07) is 16.4. The summed E-state index contributed by atoms with van der Waals surface area (Å²) in [5, 5.41) is 5.17. The molecule has 0 fully saturated rings. The zero-order chi connectivity index (χ0) is 28.2. The first-order valence-corrected chi connectivity index (χ1v) is 12.6. The van der Waals surface area contributed by atoms with E-state index in [9.17, 15) is 9.18 Å². The van der Waals surface area contributed by atoms with Crippen LogP contribution >= 0.6 is 0 Å². The molecule has 204 valence electrons. The van der Waals surface area contributed by atoms with E-state index in [2.05, 4.69) is 10.1 Å². The highest BCUT2D eigenvalue weighted by molar-refractivity contribution is 5.87. The van der Waals surface area contributed by atoms with Crippen molar-refractivity contribution in [3.63, 3.8) is 0 Å². The van der Waals surface area contributed by atoms with Crippen molar-refractivity contribution in [2.45, 2.75) is 5.92 Å². The zero-order valence-corrected chi connectivity index (χ0v) is 22.0. The van der Waals surface area contributed by atoms with Gasteiger partial charge in [-0.05, 0) is 42.5 Å². The number of nitrogens with zero attached hydrogens (tertiary/aromatic N) is 4. The van der Waals surface area contributed by atoms with E-state index in [-0.39, 0.29) is 17.3 Å². The number of benzene rings is 3. The Hall–Kier alpha value is -5.45.